The van der Waals surface area contributed by atoms with E-state index < -0.39 is 48.9 Å². The number of carbonyl (C=O) groups is 3. The summed E-state index contributed by atoms with van der Waals surface area (Å²) in [6.07, 6.45) is -1.66. The van der Waals surface area contributed by atoms with E-state index in [1.807, 2.05) is 62.4 Å². The molecule has 1 saturated heterocycles. The minimum Gasteiger partial charge on any atom is -0.480 e. The maximum atomic E-state index is 13.9. The van der Waals surface area contributed by atoms with E-state index in [4.69, 9.17) is 4.74 Å². The summed E-state index contributed by atoms with van der Waals surface area (Å²) in [4.78, 5) is 37.9. The zero-order valence-electron chi connectivity index (χ0n) is 19.5. The Bertz CT molecular complexity index is 1090. The number of aliphatic carboxylic acids is 1. The van der Waals surface area contributed by atoms with Crippen LogP contribution in [0.4, 0.5) is 13.6 Å². The second kappa shape index (κ2) is 9.64. The Hall–Kier alpha value is -3.49. The average Bonchev–Trinajstić information content (AvgIpc) is 3.31. The molecule has 35 heavy (non-hydrogen) atoms. The smallest absolute Gasteiger partial charge is 0.407 e. The number of alkyl carbamates (subject to hydrolysis) is 1. The topological polar surface area (TPSA) is 95.9 Å². The van der Waals surface area contributed by atoms with Crippen LogP contribution in [0.5, 0.6) is 0 Å². The van der Waals surface area contributed by atoms with Gasteiger partial charge in [-0.1, -0.05) is 62.4 Å². The lowest BCUT2D eigenvalue weighted by Crippen LogP contribution is -2.52. The number of carbonyl (C=O) groups excluding carboxylic acids is 2. The van der Waals surface area contributed by atoms with E-state index in [1.165, 1.54) is 0 Å². The molecule has 1 fully saturated rings. The van der Waals surface area contributed by atoms with E-state index in [-0.39, 0.29) is 24.9 Å². The van der Waals surface area contributed by atoms with Crippen LogP contribution in [0.3, 0.4) is 0 Å². The lowest BCUT2D eigenvalue weighted by Gasteiger charge is -2.27. The third kappa shape index (κ3) is 5.13. The fourth-order valence-electron chi connectivity index (χ4n) is 4.94. The monoisotopic (exact) mass is 486 g/mol. The molecule has 0 saturated carbocycles. The number of hydrogen-bond acceptors (Lipinski definition) is 4. The standard InChI is InChI=1S/C26H28F2N2O5/c1-15(2)11-21(23(31)30-14-26(27,28)12-22(30)24(32)33)29-25(34)35-13-20-18-9-5-3-7-16(18)17-8-4-6-10-19(17)20/h3-10,15,20-22H,11-14H2,1-2H3,(H,29,34)(H,32,33)/t21-,22+/m0/s1. The van der Waals surface area contributed by atoms with E-state index in [0.29, 0.717) is 4.90 Å². The van der Waals surface area contributed by atoms with Crippen molar-refractivity contribution < 1.29 is 33.0 Å². The van der Waals surface area contributed by atoms with Crippen LogP contribution in [0.1, 0.15) is 43.7 Å². The number of nitrogens with zero attached hydrogens (tertiary/aromatic N) is 1. The molecular formula is C26H28F2N2O5. The first-order valence-electron chi connectivity index (χ1n) is 11.6. The van der Waals surface area contributed by atoms with Gasteiger partial charge in [0.25, 0.3) is 5.92 Å². The first-order chi connectivity index (χ1) is 16.6. The first kappa shape index (κ1) is 24.6. The number of benzene rings is 2. The number of amides is 2. The Labute approximate surface area is 202 Å². The Morgan fingerprint density at radius 3 is 2.20 bits per heavy atom. The summed E-state index contributed by atoms with van der Waals surface area (Å²) in [6.45, 7) is 2.66. The van der Waals surface area contributed by atoms with Gasteiger partial charge < -0.3 is 20.1 Å². The number of carboxylic acid groups (broad SMARTS) is 1. The number of ether oxygens (including phenoxy) is 1. The number of halogens is 2. The predicted molar refractivity (Wildman–Crippen MR) is 124 cm³/mol. The van der Waals surface area contributed by atoms with Gasteiger partial charge in [-0.05, 0) is 34.6 Å². The van der Waals surface area contributed by atoms with Gasteiger partial charge in [-0.2, -0.15) is 0 Å². The normalized spacial score (nSPS) is 19.2. The quantitative estimate of drug-likeness (QED) is 0.610. The zero-order valence-corrected chi connectivity index (χ0v) is 19.5. The molecule has 4 rings (SSSR count). The molecule has 7 nitrogen and oxygen atoms in total. The van der Waals surface area contributed by atoms with Gasteiger partial charge >= 0.3 is 12.1 Å². The van der Waals surface area contributed by atoms with Crippen LogP contribution in [0, 0.1) is 5.92 Å². The van der Waals surface area contributed by atoms with E-state index in [9.17, 15) is 28.3 Å². The second-order valence-electron chi connectivity index (χ2n) is 9.53. The summed E-state index contributed by atoms with van der Waals surface area (Å²) in [7, 11) is 0. The first-order valence-corrected chi connectivity index (χ1v) is 11.6. The van der Waals surface area contributed by atoms with Crippen molar-refractivity contribution in [1.29, 1.82) is 0 Å². The highest BCUT2D eigenvalue weighted by atomic mass is 19.3. The maximum Gasteiger partial charge on any atom is 0.407 e. The summed E-state index contributed by atoms with van der Waals surface area (Å²) in [5, 5.41) is 11.8. The molecule has 2 amide bonds. The molecule has 0 unspecified atom stereocenters. The van der Waals surface area contributed by atoms with E-state index in [1.54, 1.807) is 0 Å². The van der Waals surface area contributed by atoms with Crippen LogP contribution in [0.25, 0.3) is 11.1 Å². The van der Waals surface area contributed by atoms with Gasteiger partial charge in [0.1, 0.15) is 18.7 Å². The molecule has 0 bridgehead atoms. The van der Waals surface area contributed by atoms with E-state index >= 15 is 0 Å². The number of alkyl halides is 2. The van der Waals surface area contributed by atoms with Crippen LogP contribution in [-0.2, 0) is 14.3 Å². The SMILES string of the molecule is CC(C)C[C@H](NC(=O)OCC1c2ccccc2-c2ccccc21)C(=O)N1CC(F)(F)C[C@@H]1C(=O)O. The number of carboxylic acids is 1. The molecule has 1 aliphatic carbocycles. The zero-order chi connectivity index (χ0) is 25.3. The van der Waals surface area contributed by atoms with Crippen LogP contribution in [-0.4, -0.2) is 59.1 Å². The molecule has 2 aliphatic rings. The number of fused-ring (bicyclic) bond motifs is 3. The molecule has 0 aromatic heterocycles. The fraction of sp³-hybridized carbons (Fsp3) is 0.423. The molecule has 9 heteroatoms. The van der Waals surface area contributed by atoms with Gasteiger partial charge in [-0.3, -0.25) is 4.79 Å². The van der Waals surface area contributed by atoms with Crippen molar-refractivity contribution in [2.24, 2.45) is 5.92 Å². The highest BCUT2D eigenvalue weighted by Crippen LogP contribution is 2.44. The second-order valence-corrected chi connectivity index (χ2v) is 9.53. The molecule has 186 valence electrons. The summed E-state index contributed by atoms with van der Waals surface area (Å²) >= 11 is 0. The summed E-state index contributed by atoms with van der Waals surface area (Å²) in [5.74, 6) is -5.90. The van der Waals surface area contributed by atoms with Crippen molar-refractivity contribution in [2.75, 3.05) is 13.2 Å². The van der Waals surface area contributed by atoms with Gasteiger partial charge in [0.15, 0.2) is 0 Å². The Kier molecular flexibility index (Phi) is 6.78. The number of likely N-dealkylation sites (tertiary alicyclic amines) is 1. The third-order valence-corrected chi connectivity index (χ3v) is 6.48. The highest BCUT2D eigenvalue weighted by Gasteiger charge is 2.51. The number of nitrogens with one attached hydrogen (secondary N) is 1. The predicted octanol–water partition coefficient (Wildman–Crippen LogP) is 4.26. The van der Waals surface area contributed by atoms with Crippen molar-refractivity contribution >= 4 is 18.0 Å². The van der Waals surface area contributed by atoms with Crippen LogP contribution < -0.4 is 5.32 Å². The highest BCUT2D eigenvalue weighted by molar-refractivity contribution is 5.90. The minimum absolute atomic E-state index is 0.0297. The number of rotatable bonds is 7. The minimum atomic E-state index is -3.30. The molecule has 2 atom stereocenters. The van der Waals surface area contributed by atoms with Gasteiger partial charge in [-0.25, -0.2) is 18.4 Å². The average molecular weight is 487 g/mol. The molecule has 2 N–H and O–H groups in total. The third-order valence-electron chi connectivity index (χ3n) is 6.48. The Balaban J connectivity index is 1.46. The van der Waals surface area contributed by atoms with Crippen LogP contribution >= 0.6 is 0 Å². The van der Waals surface area contributed by atoms with E-state index in [0.717, 1.165) is 22.3 Å². The summed E-state index contributed by atoms with van der Waals surface area (Å²) in [6, 6.07) is 12.9. The van der Waals surface area contributed by atoms with Crippen molar-refractivity contribution in [3.63, 3.8) is 0 Å². The molecule has 0 radical (unpaired) electrons. The Morgan fingerprint density at radius 2 is 1.66 bits per heavy atom. The largest absolute Gasteiger partial charge is 0.480 e. The van der Waals surface area contributed by atoms with Crippen LogP contribution in [0.2, 0.25) is 0 Å². The fourth-order valence-corrected chi connectivity index (χ4v) is 4.94. The van der Waals surface area contributed by atoms with Gasteiger partial charge in [0.2, 0.25) is 5.91 Å². The Morgan fingerprint density at radius 1 is 1.09 bits per heavy atom. The lowest BCUT2D eigenvalue weighted by atomic mass is 9.98. The van der Waals surface area contributed by atoms with Crippen molar-refractivity contribution in [1.82, 2.24) is 10.2 Å². The van der Waals surface area contributed by atoms with Crippen molar-refractivity contribution in [3.8, 4) is 11.1 Å². The summed E-state index contributed by atoms with van der Waals surface area (Å²) < 4.78 is 33.3. The lowest BCUT2D eigenvalue weighted by molar-refractivity contribution is -0.149. The van der Waals surface area contributed by atoms with Crippen LogP contribution in [0.15, 0.2) is 48.5 Å². The molecule has 2 aromatic rings. The molecule has 2 aromatic carbocycles. The summed E-state index contributed by atoms with van der Waals surface area (Å²) in [5.41, 5.74) is 4.19. The van der Waals surface area contributed by atoms with Gasteiger partial charge in [0, 0.05) is 12.3 Å². The van der Waals surface area contributed by atoms with Crippen molar-refractivity contribution in [3.05, 3.63) is 59.7 Å². The van der Waals surface area contributed by atoms with E-state index in [2.05, 4.69) is 5.32 Å². The number of hydrogen-bond donors (Lipinski definition) is 2. The maximum absolute atomic E-state index is 13.9. The molecule has 1 heterocycles. The van der Waals surface area contributed by atoms with Gasteiger partial charge in [0.05, 0.1) is 6.54 Å². The van der Waals surface area contributed by atoms with Gasteiger partial charge in [-0.15, -0.1) is 0 Å². The van der Waals surface area contributed by atoms with Crippen molar-refractivity contribution in [2.45, 2.75) is 50.6 Å². The molecule has 0 spiro atoms. The molecular weight excluding hydrogens is 458 g/mol. The molecule has 1 aliphatic heterocycles.